The van der Waals surface area contributed by atoms with Gasteiger partial charge >= 0.3 is 6.36 Å². The number of rotatable bonds is 3. The first-order chi connectivity index (χ1) is 7.89. The van der Waals surface area contributed by atoms with E-state index in [4.69, 9.17) is 0 Å². The Hall–Kier alpha value is -1.72. The molecule has 0 aliphatic carbocycles. The third kappa shape index (κ3) is 9.22. The summed E-state index contributed by atoms with van der Waals surface area (Å²) in [4.78, 5) is 9.29. The van der Waals surface area contributed by atoms with Gasteiger partial charge in [0.05, 0.1) is 0 Å². The third-order valence-corrected chi connectivity index (χ3v) is 1.54. The number of carbonyl (C=O) groups is 1. The maximum absolute atomic E-state index is 11.6. The van der Waals surface area contributed by atoms with Crippen molar-refractivity contribution in [1.29, 1.82) is 0 Å². The number of aryl methyl sites for hydroxylation is 1. The lowest BCUT2D eigenvalue weighted by atomic mass is 10.2. The van der Waals surface area contributed by atoms with Crippen molar-refractivity contribution in [1.82, 2.24) is 5.32 Å². The highest BCUT2D eigenvalue weighted by atomic mass is 19.4. The molecule has 6 heteroatoms. The Morgan fingerprint density at radius 2 is 1.82 bits per heavy atom. The SMILES string of the molecule is CCNC=O.Cc1ccc(OC(F)(F)F)cc1. The van der Waals surface area contributed by atoms with Crippen molar-refractivity contribution in [3.63, 3.8) is 0 Å². The Balaban J connectivity index is 0.000000437. The molecule has 0 unspecified atom stereocenters. The van der Waals surface area contributed by atoms with E-state index in [0.29, 0.717) is 6.41 Å². The Kier molecular flexibility index (Phi) is 6.77. The lowest BCUT2D eigenvalue weighted by molar-refractivity contribution is -0.274. The summed E-state index contributed by atoms with van der Waals surface area (Å²) < 4.78 is 38.5. The number of nitrogens with one attached hydrogen (secondary N) is 1. The summed E-state index contributed by atoms with van der Waals surface area (Å²) in [5, 5.41) is 2.43. The maximum atomic E-state index is 11.6. The first-order valence-corrected chi connectivity index (χ1v) is 4.88. The van der Waals surface area contributed by atoms with Crippen LogP contribution in [0.25, 0.3) is 0 Å². The Morgan fingerprint density at radius 3 is 2.12 bits per heavy atom. The highest BCUT2D eigenvalue weighted by Crippen LogP contribution is 2.22. The van der Waals surface area contributed by atoms with Gasteiger partial charge in [-0.2, -0.15) is 0 Å². The summed E-state index contributed by atoms with van der Waals surface area (Å²) in [6, 6.07) is 5.67. The van der Waals surface area contributed by atoms with Gasteiger partial charge in [-0.1, -0.05) is 17.7 Å². The molecular formula is C11H14F3NO2. The van der Waals surface area contributed by atoms with Crippen molar-refractivity contribution < 1.29 is 22.7 Å². The zero-order chi connectivity index (χ0) is 13.3. The van der Waals surface area contributed by atoms with Crippen molar-refractivity contribution in [3.05, 3.63) is 29.8 Å². The minimum atomic E-state index is -4.60. The molecule has 0 aliphatic rings. The molecule has 3 nitrogen and oxygen atoms in total. The van der Waals surface area contributed by atoms with Gasteiger partial charge in [0.1, 0.15) is 5.75 Å². The zero-order valence-corrected chi connectivity index (χ0v) is 9.54. The summed E-state index contributed by atoms with van der Waals surface area (Å²) in [6.07, 6.45) is -3.92. The smallest absolute Gasteiger partial charge is 0.406 e. The molecule has 1 aromatic rings. The van der Waals surface area contributed by atoms with Crippen molar-refractivity contribution >= 4 is 6.41 Å². The molecule has 1 amide bonds. The summed E-state index contributed by atoms with van der Waals surface area (Å²) >= 11 is 0. The fraction of sp³-hybridized carbons (Fsp3) is 0.364. The van der Waals surface area contributed by atoms with Crippen LogP contribution in [0.4, 0.5) is 13.2 Å². The predicted octanol–water partition coefficient (Wildman–Crippen LogP) is 2.65. The molecule has 0 heterocycles. The van der Waals surface area contributed by atoms with Crippen LogP contribution in [0.5, 0.6) is 5.75 Å². The van der Waals surface area contributed by atoms with Crippen LogP contribution in [-0.4, -0.2) is 19.3 Å². The van der Waals surface area contributed by atoms with E-state index in [-0.39, 0.29) is 5.75 Å². The minimum absolute atomic E-state index is 0.187. The van der Waals surface area contributed by atoms with Crippen LogP contribution in [0.3, 0.4) is 0 Å². The normalized spacial score (nSPS) is 9.94. The molecule has 17 heavy (non-hydrogen) atoms. The van der Waals surface area contributed by atoms with Gasteiger partial charge in [0, 0.05) is 6.54 Å². The first-order valence-electron chi connectivity index (χ1n) is 4.88. The second-order valence-electron chi connectivity index (χ2n) is 3.04. The molecule has 0 fully saturated rings. The molecule has 0 spiro atoms. The van der Waals surface area contributed by atoms with Gasteiger partial charge in [-0.15, -0.1) is 13.2 Å². The van der Waals surface area contributed by atoms with Crippen LogP contribution >= 0.6 is 0 Å². The van der Waals surface area contributed by atoms with Crippen molar-refractivity contribution in [2.24, 2.45) is 0 Å². The van der Waals surface area contributed by atoms with Gasteiger partial charge in [-0.05, 0) is 26.0 Å². The predicted molar refractivity (Wildman–Crippen MR) is 57.6 cm³/mol. The maximum Gasteiger partial charge on any atom is 0.573 e. The number of hydrogen-bond donors (Lipinski definition) is 1. The molecule has 96 valence electrons. The van der Waals surface area contributed by atoms with Crippen molar-refractivity contribution in [2.75, 3.05) is 6.54 Å². The molecule has 0 aliphatic heterocycles. The number of benzene rings is 1. The van der Waals surface area contributed by atoms with Gasteiger partial charge in [0.25, 0.3) is 0 Å². The van der Waals surface area contributed by atoms with Crippen molar-refractivity contribution in [2.45, 2.75) is 20.2 Å². The van der Waals surface area contributed by atoms with Gasteiger partial charge in [0.2, 0.25) is 6.41 Å². The summed E-state index contributed by atoms with van der Waals surface area (Å²) in [5.41, 5.74) is 0.893. The van der Waals surface area contributed by atoms with E-state index >= 15 is 0 Å². The molecule has 1 aromatic carbocycles. The molecule has 0 atom stereocenters. The number of carbonyl (C=O) groups excluding carboxylic acids is 1. The lowest BCUT2D eigenvalue weighted by Crippen LogP contribution is -2.16. The lowest BCUT2D eigenvalue weighted by Gasteiger charge is -2.08. The second kappa shape index (κ2) is 7.54. The van der Waals surface area contributed by atoms with Crippen LogP contribution in [0.2, 0.25) is 0 Å². The Morgan fingerprint density at radius 1 is 1.29 bits per heavy atom. The van der Waals surface area contributed by atoms with Crippen LogP contribution in [0.1, 0.15) is 12.5 Å². The fourth-order valence-electron chi connectivity index (χ4n) is 0.823. The standard InChI is InChI=1S/C8H7F3O.C3H7NO/c1-6-2-4-7(5-3-6)12-8(9,10)11;1-2-4-3-5/h2-5H,1H3;3H,2H2,1H3,(H,4,5). The molecule has 0 bridgehead atoms. The molecule has 0 saturated heterocycles. The van der Waals surface area contributed by atoms with Gasteiger partial charge < -0.3 is 10.1 Å². The molecule has 0 aromatic heterocycles. The summed E-state index contributed by atoms with van der Waals surface area (Å²) in [5.74, 6) is -0.187. The van der Waals surface area contributed by atoms with E-state index in [1.807, 2.05) is 6.92 Å². The molecule has 1 rings (SSSR count). The van der Waals surface area contributed by atoms with Gasteiger partial charge in [0.15, 0.2) is 0 Å². The average Bonchev–Trinajstić information content (AvgIpc) is 2.22. The van der Waals surface area contributed by atoms with E-state index in [1.54, 1.807) is 19.1 Å². The number of halogens is 3. The number of alkyl halides is 3. The number of amides is 1. The Labute approximate surface area is 97.6 Å². The van der Waals surface area contributed by atoms with E-state index in [0.717, 1.165) is 12.1 Å². The van der Waals surface area contributed by atoms with E-state index in [9.17, 15) is 18.0 Å². The van der Waals surface area contributed by atoms with Crippen LogP contribution < -0.4 is 10.1 Å². The first kappa shape index (κ1) is 15.3. The third-order valence-electron chi connectivity index (χ3n) is 1.54. The average molecular weight is 249 g/mol. The van der Waals surface area contributed by atoms with E-state index in [1.165, 1.54) is 12.1 Å². The molecule has 0 saturated carbocycles. The topological polar surface area (TPSA) is 38.3 Å². The monoisotopic (exact) mass is 249 g/mol. The minimum Gasteiger partial charge on any atom is -0.406 e. The largest absolute Gasteiger partial charge is 0.573 e. The van der Waals surface area contributed by atoms with Crippen LogP contribution in [-0.2, 0) is 4.79 Å². The van der Waals surface area contributed by atoms with Crippen LogP contribution in [0.15, 0.2) is 24.3 Å². The molecule has 0 radical (unpaired) electrons. The second-order valence-corrected chi connectivity index (χ2v) is 3.04. The van der Waals surface area contributed by atoms with E-state index in [2.05, 4.69) is 10.1 Å². The van der Waals surface area contributed by atoms with Crippen molar-refractivity contribution in [3.8, 4) is 5.75 Å². The van der Waals surface area contributed by atoms with Crippen LogP contribution in [0, 0.1) is 6.92 Å². The molecule has 1 N–H and O–H groups in total. The van der Waals surface area contributed by atoms with E-state index < -0.39 is 6.36 Å². The quantitative estimate of drug-likeness (QED) is 0.836. The zero-order valence-electron chi connectivity index (χ0n) is 9.54. The number of ether oxygens (including phenoxy) is 1. The highest BCUT2D eigenvalue weighted by molar-refractivity contribution is 5.45. The van der Waals surface area contributed by atoms with Gasteiger partial charge in [-0.3, -0.25) is 4.79 Å². The number of hydrogen-bond acceptors (Lipinski definition) is 2. The molecular weight excluding hydrogens is 235 g/mol. The Bertz CT molecular complexity index is 322. The summed E-state index contributed by atoms with van der Waals surface area (Å²) in [7, 11) is 0. The fourth-order valence-corrected chi connectivity index (χ4v) is 0.823. The van der Waals surface area contributed by atoms with Gasteiger partial charge in [-0.25, -0.2) is 0 Å². The highest BCUT2D eigenvalue weighted by Gasteiger charge is 2.30. The summed E-state index contributed by atoms with van der Waals surface area (Å²) in [6.45, 7) is 4.38.